The van der Waals surface area contributed by atoms with Crippen LogP contribution in [0.3, 0.4) is 0 Å². The summed E-state index contributed by atoms with van der Waals surface area (Å²) in [5, 5.41) is 11.0. The van der Waals surface area contributed by atoms with Crippen molar-refractivity contribution in [1.29, 1.82) is 0 Å². The maximum Gasteiger partial charge on any atom is 0.121 e. The van der Waals surface area contributed by atoms with Crippen LogP contribution in [0.2, 0.25) is 0 Å². The van der Waals surface area contributed by atoms with E-state index in [-0.39, 0.29) is 0 Å². The minimum Gasteiger partial charge on any atom is -0.389 e. The van der Waals surface area contributed by atoms with Gasteiger partial charge in [0.1, 0.15) is 10.1 Å². The predicted molar refractivity (Wildman–Crippen MR) is 61.0 cm³/mol. The predicted octanol–water partition coefficient (Wildman–Crippen LogP) is 2.08. The van der Waals surface area contributed by atoms with Gasteiger partial charge in [-0.15, -0.1) is 0 Å². The van der Waals surface area contributed by atoms with E-state index in [1.54, 1.807) is 31.7 Å². The van der Waals surface area contributed by atoms with Gasteiger partial charge in [0.25, 0.3) is 0 Å². The van der Waals surface area contributed by atoms with Gasteiger partial charge in [0.05, 0.1) is 12.3 Å². The molecular formula is C11H11N3OS. The Labute approximate surface area is 97.8 Å². The number of aromatic nitrogens is 3. The number of nitrogens with zero attached hydrogens (tertiary/aromatic N) is 3. The standard InChI is InChI=1S/C11H11N3OS/c1-8(15)9-2-3-10(14-6-9)16-11-7-12-4-5-13-11/h2-8,15H,1H3. The van der Waals surface area contributed by atoms with E-state index in [4.69, 9.17) is 0 Å². The van der Waals surface area contributed by atoms with Crippen LogP contribution in [0.5, 0.6) is 0 Å². The first kappa shape index (κ1) is 11.0. The van der Waals surface area contributed by atoms with E-state index in [2.05, 4.69) is 15.0 Å². The number of rotatable bonds is 3. The molecule has 2 aromatic rings. The summed E-state index contributed by atoms with van der Waals surface area (Å²) in [5.41, 5.74) is 0.809. The van der Waals surface area contributed by atoms with Crippen molar-refractivity contribution in [1.82, 2.24) is 15.0 Å². The van der Waals surface area contributed by atoms with Crippen molar-refractivity contribution in [3.8, 4) is 0 Å². The van der Waals surface area contributed by atoms with Gasteiger partial charge in [0.15, 0.2) is 0 Å². The van der Waals surface area contributed by atoms with Crippen LogP contribution in [-0.2, 0) is 0 Å². The molecule has 2 aromatic heterocycles. The average Bonchev–Trinajstić information content (AvgIpc) is 2.31. The van der Waals surface area contributed by atoms with Crippen molar-refractivity contribution >= 4 is 11.8 Å². The summed E-state index contributed by atoms with van der Waals surface area (Å²) in [7, 11) is 0. The van der Waals surface area contributed by atoms with Crippen LogP contribution in [0, 0.1) is 0 Å². The molecule has 0 fully saturated rings. The first-order valence-corrected chi connectivity index (χ1v) is 5.65. The van der Waals surface area contributed by atoms with Gasteiger partial charge in [0.2, 0.25) is 0 Å². The Hall–Kier alpha value is -1.46. The molecule has 2 heterocycles. The quantitative estimate of drug-likeness (QED) is 0.879. The molecule has 0 saturated heterocycles. The Morgan fingerprint density at radius 1 is 1.12 bits per heavy atom. The van der Waals surface area contributed by atoms with Gasteiger partial charge < -0.3 is 5.11 Å². The van der Waals surface area contributed by atoms with Crippen LogP contribution in [0.1, 0.15) is 18.6 Å². The van der Waals surface area contributed by atoms with Gasteiger partial charge in [-0.2, -0.15) is 0 Å². The fourth-order valence-electron chi connectivity index (χ4n) is 1.14. The van der Waals surface area contributed by atoms with Gasteiger partial charge in [0, 0.05) is 18.6 Å². The molecule has 1 atom stereocenters. The molecule has 1 N–H and O–H groups in total. The molecule has 16 heavy (non-hydrogen) atoms. The molecule has 0 aliphatic heterocycles. The first-order valence-electron chi connectivity index (χ1n) is 4.83. The van der Waals surface area contributed by atoms with Crippen LogP contribution in [-0.4, -0.2) is 20.1 Å². The van der Waals surface area contributed by atoms with E-state index in [9.17, 15) is 5.11 Å². The molecule has 2 rings (SSSR count). The topological polar surface area (TPSA) is 58.9 Å². The third-order valence-corrected chi connectivity index (χ3v) is 2.86. The summed E-state index contributed by atoms with van der Waals surface area (Å²) in [6, 6.07) is 3.72. The van der Waals surface area contributed by atoms with Crippen LogP contribution >= 0.6 is 11.8 Å². The molecule has 82 valence electrons. The van der Waals surface area contributed by atoms with Crippen molar-refractivity contribution in [2.45, 2.75) is 23.1 Å². The van der Waals surface area contributed by atoms with E-state index in [1.165, 1.54) is 11.8 Å². The highest BCUT2D eigenvalue weighted by molar-refractivity contribution is 7.99. The third kappa shape index (κ3) is 2.77. The number of aliphatic hydroxyl groups excluding tert-OH is 1. The fourth-order valence-corrected chi connectivity index (χ4v) is 1.83. The van der Waals surface area contributed by atoms with Crippen molar-refractivity contribution in [3.63, 3.8) is 0 Å². The molecular weight excluding hydrogens is 222 g/mol. The van der Waals surface area contributed by atoms with E-state index in [0.717, 1.165) is 15.6 Å². The number of aliphatic hydroxyl groups is 1. The van der Waals surface area contributed by atoms with E-state index >= 15 is 0 Å². The Morgan fingerprint density at radius 3 is 2.56 bits per heavy atom. The second kappa shape index (κ2) is 5.05. The van der Waals surface area contributed by atoms with Crippen molar-refractivity contribution < 1.29 is 5.11 Å². The summed E-state index contributed by atoms with van der Waals surface area (Å²) in [5.74, 6) is 0. The molecule has 5 heteroatoms. The third-order valence-electron chi connectivity index (χ3n) is 1.99. The van der Waals surface area contributed by atoms with Crippen LogP contribution in [0.4, 0.5) is 0 Å². The lowest BCUT2D eigenvalue weighted by atomic mass is 10.2. The molecule has 4 nitrogen and oxygen atoms in total. The minimum atomic E-state index is -0.483. The highest BCUT2D eigenvalue weighted by Crippen LogP contribution is 2.23. The van der Waals surface area contributed by atoms with Gasteiger partial charge in [-0.05, 0) is 30.3 Å². The zero-order chi connectivity index (χ0) is 11.4. The lowest BCUT2D eigenvalue weighted by molar-refractivity contribution is 0.198. The summed E-state index contributed by atoms with van der Waals surface area (Å²) >= 11 is 1.44. The lowest BCUT2D eigenvalue weighted by Crippen LogP contribution is -1.92. The zero-order valence-corrected chi connectivity index (χ0v) is 9.56. The maximum absolute atomic E-state index is 9.34. The summed E-state index contributed by atoms with van der Waals surface area (Å²) in [6.07, 6.45) is 6.15. The second-order valence-corrected chi connectivity index (χ2v) is 4.29. The molecule has 0 spiro atoms. The summed E-state index contributed by atoms with van der Waals surface area (Å²) < 4.78 is 0. The van der Waals surface area contributed by atoms with E-state index in [1.807, 2.05) is 12.1 Å². The zero-order valence-electron chi connectivity index (χ0n) is 8.74. The van der Waals surface area contributed by atoms with Crippen molar-refractivity contribution in [2.24, 2.45) is 0 Å². The van der Waals surface area contributed by atoms with E-state index < -0.39 is 6.10 Å². The maximum atomic E-state index is 9.34. The molecule has 0 aliphatic carbocycles. The average molecular weight is 233 g/mol. The van der Waals surface area contributed by atoms with Crippen LogP contribution in [0.15, 0.2) is 47.0 Å². The largest absolute Gasteiger partial charge is 0.389 e. The monoisotopic (exact) mass is 233 g/mol. The van der Waals surface area contributed by atoms with Gasteiger partial charge in [-0.3, -0.25) is 4.98 Å². The first-order chi connectivity index (χ1) is 7.75. The van der Waals surface area contributed by atoms with Gasteiger partial charge >= 0.3 is 0 Å². The number of hydrogen-bond acceptors (Lipinski definition) is 5. The van der Waals surface area contributed by atoms with Crippen molar-refractivity contribution in [2.75, 3.05) is 0 Å². The molecule has 0 aromatic carbocycles. The summed E-state index contributed by atoms with van der Waals surface area (Å²) in [6.45, 7) is 1.71. The van der Waals surface area contributed by atoms with Gasteiger partial charge in [-0.25, -0.2) is 9.97 Å². The second-order valence-electron chi connectivity index (χ2n) is 3.25. The van der Waals surface area contributed by atoms with Crippen molar-refractivity contribution in [3.05, 3.63) is 42.5 Å². The SMILES string of the molecule is CC(O)c1ccc(Sc2cnccn2)nc1. The molecule has 0 radical (unpaired) electrons. The Balaban J connectivity index is 2.11. The number of pyridine rings is 1. The van der Waals surface area contributed by atoms with Crippen LogP contribution in [0.25, 0.3) is 0 Å². The normalized spacial score (nSPS) is 12.4. The Morgan fingerprint density at radius 2 is 2.00 bits per heavy atom. The fraction of sp³-hybridized carbons (Fsp3) is 0.182. The number of hydrogen-bond donors (Lipinski definition) is 1. The highest BCUT2D eigenvalue weighted by Gasteiger charge is 2.03. The lowest BCUT2D eigenvalue weighted by Gasteiger charge is -2.04. The molecule has 1 unspecified atom stereocenters. The smallest absolute Gasteiger partial charge is 0.121 e. The Kier molecular flexibility index (Phi) is 3.48. The molecule has 0 bridgehead atoms. The molecule has 0 amide bonds. The molecule has 0 aliphatic rings. The highest BCUT2D eigenvalue weighted by atomic mass is 32.2. The minimum absolute atomic E-state index is 0.483. The van der Waals surface area contributed by atoms with Crippen LogP contribution < -0.4 is 0 Å². The molecule has 0 saturated carbocycles. The van der Waals surface area contributed by atoms with Gasteiger partial charge in [-0.1, -0.05) is 6.07 Å². The summed E-state index contributed by atoms with van der Waals surface area (Å²) in [4.78, 5) is 12.3. The van der Waals surface area contributed by atoms with E-state index in [0.29, 0.717) is 0 Å². The Bertz CT molecular complexity index is 445.